The van der Waals surface area contributed by atoms with Crippen molar-refractivity contribution in [2.24, 2.45) is 0 Å². The third-order valence-corrected chi connectivity index (χ3v) is 3.70. The minimum absolute atomic E-state index is 0. The fraction of sp³-hybridized carbons (Fsp3) is 0.545. The molecule has 90 valence electrons. The summed E-state index contributed by atoms with van der Waals surface area (Å²) in [6, 6.07) is 5.44. The lowest BCUT2D eigenvalue weighted by Gasteiger charge is -2.19. The van der Waals surface area contributed by atoms with Gasteiger partial charge in [-0.25, -0.2) is 4.98 Å². The van der Waals surface area contributed by atoms with Gasteiger partial charge in [0.1, 0.15) is 5.15 Å². The van der Waals surface area contributed by atoms with E-state index in [1.54, 1.807) is 0 Å². The molecule has 1 aromatic rings. The molecule has 2 fully saturated rings. The van der Waals surface area contributed by atoms with Gasteiger partial charge in [0.25, 0.3) is 0 Å². The predicted octanol–water partition coefficient (Wildman–Crippen LogP) is 3.19. The summed E-state index contributed by atoms with van der Waals surface area (Å²) in [7, 11) is 0. The summed E-state index contributed by atoms with van der Waals surface area (Å²) in [5.41, 5.74) is 1.34. The van der Waals surface area contributed by atoms with Crippen LogP contribution in [0.15, 0.2) is 18.3 Å². The van der Waals surface area contributed by atoms with Crippen LogP contribution in [-0.4, -0.2) is 17.1 Å². The summed E-state index contributed by atoms with van der Waals surface area (Å²) in [6.45, 7) is 0. The van der Waals surface area contributed by atoms with E-state index in [0.29, 0.717) is 17.1 Å². The zero-order chi connectivity index (χ0) is 9.54. The van der Waals surface area contributed by atoms with Crippen molar-refractivity contribution >= 4 is 36.4 Å². The fourth-order valence-corrected chi connectivity index (χ4v) is 2.91. The molecule has 0 spiro atoms. The van der Waals surface area contributed by atoms with Crippen molar-refractivity contribution in [2.45, 2.75) is 37.3 Å². The van der Waals surface area contributed by atoms with Gasteiger partial charge in [-0.1, -0.05) is 17.7 Å². The number of pyridine rings is 1. The maximum atomic E-state index is 5.77. The van der Waals surface area contributed by atoms with E-state index in [1.165, 1.54) is 24.8 Å². The van der Waals surface area contributed by atoms with Gasteiger partial charge in [-0.05, 0) is 30.9 Å². The molecule has 1 N–H and O–H groups in total. The van der Waals surface area contributed by atoms with Crippen molar-refractivity contribution in [3.8, 4) is 0 Å². The molecule has 5 heteroatoms. The van der Waals surface area contributed by atoms with E-state index in [-0.39, 0.29) is 24.8 Å². The van der Waals surface area contributed by atoms with E-state index in [9.17, 15) is 0 Å². The van der Waals surface area contributed by atoms with E-state index in [4.69, 9.17) is 11.6 Å². The first-order chi connectivity index (χ1) is 6.83. The highest BCUT2D eigenvalue weighted by atomic mass is 35.5. The van der Waals surface area contributed by atoms with Crippen LogP contribution in [0.3, 0.4) is 0 Å². The summed E-state index contributed by atoms with van der Waals surface area (Å²) >= 11 is 5.77. The molecular weight excluding hydrogens is 266 g/mol. The SMILES string of the molecule is Cl.Cl.Clc1ccc([C@@H]2C[C@@H]3CC[C@H]2N3)cn1. The smallest absolute Gasteiger partial charge is 0.129 e. The molecule has 0 aromatic carbocycles. The average molecular weight is 282 g/mol. The van der Waals surface area contributed by atoms with Gasteiger partial charge in [0.05, 0.1) is 0 Å². The largest absolute Gasteiger partial charge is 0.311 e. The monoisotopic (exact) mass is 280 g/mol. The number of aromatic nitrogens is 1. The molecule has 2 aliphatic heterocycles. The third kappa shape index (κ3) is 2.45. The van der Waals surface area contributed by atoms with E-state index in [2.05, 4.69) is 16.4 Å². The van der Waals surface area contributed by atoms with Gasteiger partial charge in [0, 0.05) is 24.2 Å². The Morgan fingerprint density at radius 1 is 1.25 bits per heavy atom. The first-order valence-corrected chi connectivity index (χ1v) is 5.58. The van der Waals surface area contributed by atoms with Crippen LogP contribution in [0.2, 0.25) is 5.15 Å². The Kier molecular flexibility index (Phi) is 4.87. The fourth-order valence-electron chi connectivity index (χ4n) is 2.80. The van der Waals surface area contributed by atoms with Crippen LogP contribution in [0.25, 0.3) is 0 Å². The number of nitrogens with one attached hydrogen (secondary N) is 1. The van der Waals surface area contributed by atoms with Gasteiger partial charge in [0.2, 0.25) is 0 Å². The Balaban J connectivity index is 0.000000640. The second-order valence-corrected chi connectivity index (χ2v) is 4.69. The molecule has 3 heterocycles. The molecule has 2 bridgehead atoms. The standard InChI is InChI=1S/C11H13ClN2.2ClH/c12-11-4-1-7(6-13-11)9-5-8-2-3-10(9)14-8;;/h1,4,6,8-10,14H,2-3,5H2;2*1H/t8-,9-,10+;;/m0../s1. The minimum atomic E-state index is 0. The summed E-state index contributed by atoms with van der Waals surface area (Å²) < 4.78 is 0. The molecule has 0 saturated carbocycles. The van der Waals surface area contributed by atoms with E-state index in [0.717, 1.165) is 6.04 Å². The molecule has 16 heavy (non-hydrogen) atoms. The van der Waals surface area contributed by atoms with Crippen molar-refractivity contribution in [2.75, 3.05) is 0 Å². The van der Waals surface area contributed by atoms with Crippen molar-refractivity contribution < 1.29 is 0 Å². The van der Waals surface area contributed by atoms with E-state index < -0.39 is 0 Å². The molecule has 2 nitrogen and oxygen atoms in total. The summed E-state index contributed by atoms with van der Waals surface area (Å²) in [5.74, 6) is 0.665. The molecule has 0 amide bonds. The van der Waals surface area contributed by atoms with Crippen LogP contribution in [0.4, 0.5) is 0 Å². The molecule has 2 saturated heterocycles. The normalized spacial score (nSPS) is 30.7. The van der Waals surface area contributed by atoms with Gasteiger partial charge >= 0.3 is 0 Å². The van der Waals surface area contributed by atoms with Crippen LogP contribution < -0.4 is 5.32 Å². The Labute approximate surface area is 113 Å². The Bertz CT molecular complexity index is 342. The highest BCUT2D eigenvalue weighted by Gasteiger charge is 2.39. The highest BCUT2D eigenvalue weighted by molar-refractivity contribution is 6.29. The quantitative estimate of drug-likeness (QED) is 0.800. The van der Waals surface area contributed by atoms with Crippen molar-refractivity contribution in [3.05, 3.63) is 29.0 Å². The Hall–Kier alpha value is -0.0200. The van der Waals surface area contributed by atoms with Crippen LogP contribution in [0.5, 0.6) is 0 Å². The topological polar surface area (TPSA) is 24.9 Å². The van der Waals surface area contributed by atoms with Crippen LogP contribution >= 0.6 is 36.4 Å². The van der Waals surface area contributed by atoms with Crippen LogP contribution in [0, 0.1) is 0 Å². The number of halogens is 3. The lowest BCUT2D eigenvalue weighted by atomic mass is 9.85. The summed E-state index contributed by atoms with van der Waals surface area (Å²) in [4.78, 5) is 4.14. The minimum Gasteiger partial charge on any atom is -0.311 e. The summed E-state index contributed by atoms with van der Waals surface area (Å²) in [6.07, 6.45) is 5.86. The lowest BCUT2D eigenvalue weighted by molar-refractivity contribution is 0.505. The average Bonchev–Trinajstić information content (AvgIpc) is 2.80. The van der Waals surface area contributed by atoms with Crippen molar-refractivity contribution in [1.82, 2.24) is 10.3 Å². The lowest BCUT2D eigenvalue weighted by Crippen LogP contribution is -2.21. The maximum Gasteiger partial charge on any atom is 0.129 e. The molecule has 0 unspecified atom stereocenters. The summed E-state index contributed by atoms with van der Waals surface area (Å²) in [5, 5.41) is 4.22. The predicted molar refractivity (Wildman–Crippen MR) is 71.0 cm³/mol. The molecule has 3 rings (SSSR count). The first kappa shape index (κ1) is 14.0. The second kappa shape index (κ2) is 5.54. The third-order valence-electron chi connectivity index (χ3n) is 3.48. The number of hydrogen-bond donors (Lipinski definition) is 1. The number of hydrogen-bond acceptors (Lipinski definition) is 2. The number of fused-ring (bicyclic) bond motifs is 2. The molecule has 1 aromatic heterocycles. The van der Waals surface area contributed by atoms with Crippen LogP contribution in [-0.2, 0) is 0 Å². The van der Waals surface area contributed by atoms with E-state index >= 15 is 0 Å². The molecule has 0 aliphatic carbocycles. The molecule has 3 atom stereocenters. The molecule has 2 aliphatic rings. The van der Waals surface area contributed by atoms with Crippen LogP contribution in [0.1, 0.15) is 30.7 Å². The second-order valence-electron chi connectivity index (χ2n) is 4.30. The molecule has 0 radical (unpaired) electrons. The molecular formula is C11H15Cl3N2. The van der Waals surface area contributed by atoms with Gasteiger partial charge in [-0.15, -0.1) is 24.8 Å². The zero-order valence-electron chi connectivity index (χ0n) is 8.73. The van der Waals surface area contributed by atoms with E-state index in [1.807, 2.05) is 12.3 Å². The Morgan fingerprint density at radius 3 is 2.56 bits per heavy atom. The highest BCUT2D eigenvalue weighted by Crippen LogP contribution is 2.39. The zero-order valence-corrected chi connectivity index (χ0v) is 11.1. The van der Waals surface area contributed by atoms with Gasteiger partial charge < -0.3 is 5.32 Å². The number of nitrogens with zero attached hydrogens (tertiary/aromatic N) is 1. The van der Waals surface area contributed by atoms with Crippen molar-refractivity contribution in [1.29, 1.82) is 0 Å². The maximum absolute atomic E-state index is 5.77. The van der Waals surface area contributed by atoms with Gasteiger partial charge in [-0.2, -0.15) is 0 Å². The van der Waals surface area contributed by atoms with Gasteiger partial charge in [-0.3, -0.25) is 0 Å². The number of rotatable bonds is 1. The van der Waals surface area contributed by atoms with Gasteiger partial charge in [0.15, 0.2) is 0 Å². The van der Waals surface area contributed by atoms with Crippen molar-refractivity contribution in [3.63, 3.8) is 0 Å². The first-order valence-electron chi connectivity index (χ1n) is 5.20. The Morgan fingerprint density at radius 2 is 2.06 bits per heavy atom.